The fraction of sp³-hybridized carbons (Fsp3) is 0.269. The molecule has 0 saturated heterocycles. The molecule has 158 valence electrons. The number of rotatable bonds is 6. The van der Waals surface area contributed by atoms with E-state index in [9.17, 15) is 14.4 Å². The lowest BCUT2D eigenvalue weighted by Crippen LogP contribution is -2.55. The summed E-state index contributed by atoms with van der Waals surface area (Å²) in [6.45, 7) is 5.78. The third-order valence-electron chi connectivity index (χ3n) is 6.36. The topological polar surface area (TPSA) is 72.5 Å². The van der Waals surface area contributed by atoms with E-state index in [1.165, 1.54) is 0 Å². The maximum absolute atomic E-state index is 13.8. The molecule has 0 fully saturated rings. The minimum Gasteiger partial charge on any atom is -0.466 e. The average molecular weight is 415 g/mol. The summed E-state index contributed by atoms with van der Waals surface area (Å²) in [5.41, 5.74) is 1.37. The van der Waals surface area contributed by atoms with Gasteiger partial charge in [0.2, 0.25) is 5.91 Å². The molecule has 2 aromatic carbocycles. The molecule has 0 radical (unpaired) electrons. The van der Waals surface area contributed by atoms with Crippen LogP contribution in [0.15, 0.2) is 78.9 Å². The molecule has 5 heteroatoms. The smallest absolute Gasteiger partial charge is 0.311 e. The Balaban J connectivity index is 2.09. The minimum atomic E-state index is -1.30. The Hall–Kier alpha value is -3.47. The normalized spacial score (nSPS) is 26.5. The fourth-order valence-corrected chi connectivity index (χ4v) is 5.31. The van der Waals surface area contributed by atoms with Gasteiger partial charge in [-0.3, -0.25) is 14.4 Å². The first-order chi connectivity index (χ1) is 15.1. The van der Waals surface area contributed by atoms with E-state index in [0.29, 0.717) is 23.2 Å². The molecule has 0 bridgehead atoms. The Morgan fingerprint density at radius 1 is 1.16 bits per heavy atom. The summed E-state index contributed by atoms with van der Waals surface area (Å²) in [4.78, 5) is 39.6. The van der Waals surface area contributed by atoms with Gasteiger partial charge in [-0.1, -0.05) is 60.7 Å². The van der Waals surface area contributed by atoms with Crippen LogP contribution >= 0.6 is 0 Å². The second kappa shape index (κ2) is 8.34. The molecule has 0 saturated carbocycles. The highest BCUT2D eigenvalue weighted by Crippen LogP contribution is 2.59. The monoisotopic (exact) mass is 415 g/mol. The first-order valence-electron chi connectivity index (χ1n) is 10.5. The molecule has 1 heterocycles. The lowest BCUT2D eigenvalue weighted by atomic mass is 9.52. The summed E-state index contributed by atoms with van der Waals surface area (Å²) in [6, 6.07) is 16.8. The highest BCUT2D eigenvalue weighted by Gasteiger charge is 2.64. The van der Waals surface area contributed by atoms with Crippen molar-refractivity contribution in [3.05, 3.63) is 90.0 Å². The number of hydrogen-bond donors (Lipinski definition) is 1. The number of anilines is 1. The second-order valence-electron chi connectivity index (χ2n) is 7.91. The number of esters is 1. The maximum Gasteiger partial charge on any atom is 0.311 e. The molecule has 0 aromatic heterocycles. The van der Waals surface area contributed by atoms with Gasteiger partial charge in [0.05, 0.1) is 12.5 Å². The number of ether oxygens (including phenoxy) is 1. The number of allylic oxidation sites excluding steroid dienone is 3. The third-order valence-corrected chi connectivity index (χ3v) is 6.36. The number of para-hydroxylation sites is 1. The number of benzene rings is 2. The quantitative estimate of drug-likeness (QED) is 0.437. The zero-order chi connectivity index (χ0) is 22.0. The fourth-order valence-electron chi connectivity index (χ4n) is 5.31. The number of nitrogens with one attached hydrogen (secondary N) is 1. The molecule has 31 heavy (non-hydrogen) atoms. The molecule has 1 spiro atoms. The van der Waals surface area contributed by atoms with E-state index < -0.39 is 29.1 Å². The molecule has 1 aliphatic heterocycles. The summed E-state index contributed by atoms with van der Waals surface area (Å²) in [6.07, 6.45) is 4.79. The van der Waals surface area contributed by atoms with Crippen LogP contribution in [-0.2, 0) is 24.5 Å². The number of hydrogen-bond acceptors (Lipinski definition) is 4. The molecule has 1 aliphatic carbocycles. The lowest BCUT2D eigenvalue weighted by Gasteiger charge is -2.47. The predicted molar refractivity (Wildman–Crippen MR) is 119 cm³/mol. The summed E-state index contributed by atoms with van der Waals surface area (Å²) in [5, 5.41) is 2.98. The summed E-state index contributed by atoms with van der Waals surface area (Å²) in [5.74, 6) is -2.55. The van der Waals surface area contributed by atoms with Crippen LogP contribution in [0.25, 0.3) is 0 Å². The van der Waals surface area contributed by atoms with Gasteiger partial charge in [-0.05, 0) is 42.0 Å². The maximum atomic E-state index is 13.8. The average Bonchev–Trinajstić information content (AvgIpc) is 3.06. The second-order valence-corrected chi connectivity index (χ2v) is 7.91. The van der Waals surface area contributed by atoms with Crippen molar-refractivity contribution in [1.82, 2.24) is 0 Å². The molecule has 1 N–H and O–H groups in total. The van der Waals surface area contributed by atoms with Gasteiger partial charge in [-0.15, -0.1) is 6.58 Å². The van der Waals surface area contributed by atoms with E-state index in [-0.39, 0.29) is 12.5 Å². The van der Waals surface area contributed by atoms with Crippen molar-refractivity contribution in [1.29, 1.82) is 0 Å². The van der Waals surface area contributed by atoms with Gasteiger partial charge < -0.3 is 10.1 Å². The Kier molecular flexibility index (Phi) is 5.59. The van der Waals surface area contributed by atoms with Crippen molar-refractivity contribution in [2.45, 2.75) is 24.7 Å². The standard InChI is InChI=1S/C26H25NO4/c1-3-10-18-15-19(16-28)22(17-11-6-5-7-12-17)26(23(18)24(29)31-4-2)20-13-8-9-14-21(20)27-25(26)30/h3,5-9,11-16,18,22-23H,1,4,10H2,2H3,(H,27,30)/t18-,22-,23-,26-/m0/s1. The molecule has 1 amide bonds. The van der Waals surface area contributed by atoms with Gasteiger partial charge in [-0.2, -0.15) is 0 Å². The van der Waals surface area contributed by atoms with Crippen LogP contribution in [0, 0.1) is 11.8 Å². The van der Waals surface area contributed by atoms with Gasteiger partial charge in [0.15, 0.2) is 0 Å². The largest absolute Gasteiger partial charge is 0.466 e. The van der Waals surface area contributed by atoms with Crippen LogP contribution in [-0.4, -0.2) is 24.8 Å². The molecule has 5 nitrogen and oxygen atoms in total. The van der Waals surface area contributed by atoms with Crippen molar-refractivity contribution in [2.75, 3.05) is 11.9 Å². The summed E-state index contributed by atoms with van der Waals surface area (Å²) >= 11 is 0. The third kappa shape index (κ3) is 3.12. The zero-order valence-electron chi connectivity index (χ0n) is 17.4. The summed E-state index contributed by atoms with van der Waals surface area (Å²) in [7, 11) is 0. The van der Waals surface area contributed by atoms with E-state index in [1.807, 2.05) is 60.7 Å². The van der Waals surface area contributed by atoms with Crippen molar-refractivity contribution in [3.63, 3.8) is 0 Å². The predicted octanol–water partition coefficient (Wildman–Crippen LogP) is 4.17. The van der Waals surface area contributed by atoms with Gasteiger partial charge in [-0.25, -0.2) is 0 Å². The number of amides is 1. The van der Waals surface area contributed by atoms with E-state index in [0.717, 1.165) is 11.8 Å². The number of carbonyl (C=O) groups excluding carboxylic acids is 3. The van der Waals surface area contributed by atoms with E-state index >= 15 is 0 Å². The van der Waals surface area contributed by atoms with Gasteiger partial charge in [0.1, 0.15) is 11.7 Å². The van der Waals surface area contributed by atoms with Crippen molar-refractivity contribution in [2.24, 2.45) is 11.8 Å². The lowest BCUT2D eigenvalue weighted by molar-refractivity contribution is -0.156. The molecule has 4 atom stereocenters. The van der Waals surface area contributed by atoms with Gasteiger partial charge in [0, 0.05) is 11.6 Å². The number of carbonyl (C=O) groups is 3. The first kappa shape index (κ1) is 20.8. The Morgan fingerprint density at radius 2 is 1.87 bits per heavy atom. The van der Waals surface area contributed by atoms with E-state index in [4.69, 9.17) is 4.74 Å². The van der Waals surface area contributed by atoms with Crippen LogP contribution in [0.2, 0.25) is 0 Å². The minimum absolute atomic E-state index is 0.204. The molecule has 0 unspecified atom stereocenters. The van der Waals surface area contributed by atoms with Gasteiger partial charge in [0.25, 0.3) is 0 Å². The Labute approximate surface area is 181 Å². The SMILES string of the molecule is C=CC[C@H]1C=C(C=O)[C@H](c2ccccc2)[C@]2(C(=O)Nc3ccccc32)[C@@H]1C(=O)OCC. The van der Waals surface area contributed by atoms with E-state index in [2.05, 4.69) is 11.9 Å². The van der Waals surface area contributed by atoms with Crippen molar-refractivity contribution >= 4 is 23.9 Å². The van der Waals surface area contributed by atoms with Crippen LogP contribution in [0.5, 0.6) is 0 Å². The highest BCUT2D eigenvalue weighted by molar-refractivity contribution is 6.11. The summed E-state index contributed by atoms with van der Waals surface area (Å²) < 4.78 is 5.49. The van der Waals surface area contributed by atoms with Crippen LogP contribution in [0.1, 0.15) is 30.4 Å². The zero-order valence-corrected chi connectivity index (χ0v) is 17.4. The molecule has 4 rings (SSSR count). The molecular weight excluding hydrogens is 390 g/mol. The van der Waals surface area contributed by atoms with Crippen LogP contribution in [0.4, 0.5) is 5.69 Å². The van der Waals surface area contributed by atoms with Crippen LogP contribution in [0.3, 0.4) is 0 Å². The molecule has 2 aromatic rings. The molecule has 2 aliphatic rings. The van der Waals surface area contributed by atoms with E-state index in [1.54, 1.807) is 13.0 Å². The Morgan fingerprint density at radius 3 is 2.55 bits per heavy atom. The van der Waals surface area contributed by atoms with Crippen molar-refractivity contribution < 1.29 is 19.1 Å². The van der Waals surface area contributed by atoms with Gasteiger partial charge >= 0.3 is 5.97 Å². The Bertz CT molecular complexity index is 1060. The highest BCUT2D eigenvalue weighted by atomic mass is 16.5. The number of fused-ring (bicyclic) bond motifs is 2. The first-order valence-corrected chi connectivity index (χ1v) is 10.5. The van der Waals surface area contributed by atoms with Crippen molar-refractivity contribution in [3.8, 4) is 0 Å². The molecular formula is C26H25NO4. The van der Waals surface area contributed by atoms with Crippen LogP contribution < -0.4 is 5.32 Å². The number of aldehydes is 1.